The Balaban J connectivity index is 1.91. The van der Waals surface area contributed by atoms with Crippen molar-refractivity contribution in [2.75, 3.05) is 6.54 Å². The van der Waals surface area contributed by atoms with Gasteiger partial charge >= 0.3 is 0 Å². The normalized spacial score (nSPS) is 15.2. The molecule has 4 N–H and O–H groups in total. The standard InChI is InChI=1S/C10H12N6O3/c11-16(3-1-2-9-12-14-15-13-9)7-4-6(17)5-8(18)10(7)19/h4-5,18H,1-3,11H2,(H,12,13,14,15). The monoisotopic (exact) mass is 264 g/mol. The third kappa shape index (κ3) is 3.01. The highest BCUT2D eigenvalue weighted by molar-refractivity contribution is 6.18. The molecule has 0 aromatic carbocycles. The van der Waals surface area contributed by atoms with E-state index in [9.17, 15) is 14.7 Å². The number of aryl methyl sites for hydroxylation is 1. The molecule has 0 saturated heterocycles. The highest BCUT2D eigenvalue weighted by Gasteiger charge is 2.24. The number of H-pyrrole nitrogens is 1. The van der Waals surface area contributed by atoms with Crippen LogP contribution in [-0.2, 0) is 16.0 Å². The molecule has 0 radical (unpaired) electrons. The van der Waals surface area contributed by atoms with Crippen molar-refractivity contribution in [3.8, 4) is 0 Å². The largest absolute Gasteiger partial charge is 0.504 e. The van der Waals surface area contributed by atoms with Gasteiger partial charge in [-0.15, -0.1) is 10.2 Å². The minimum absolute atomic E-state index is 0.0295. The minimum atomic E-state index is -0.665. The van der Waals surface area contributed by atoms with Gasteiger partial charge in [0.05, 0.1) is 0 Å². The number of hydrogen-bond acceptors (Lipinski definition) is 8. The Kier molecular flexibility index (Phi) is 3.66. The lowest BCUT2D eigenvalue weighted by Crippen LogP contribution is -2.37. The number of hydrogen-bond donors (Lipinski definition) is 3. The molecular weight excluding hydrogens is 252 g/mol. The summed E-state index contributed by atoms with van der Waals surface area (Å²) in [5.74, 6) is 4.49. The second-order valence-corrected chi connectivity index (χ2v) is 3.92. The van der Waals surface area contributed by atoms with Crippen LogP contribution in [0.15, 0.2) is 23.6 Å². The molecule has 1 heterocycles. The molecule has 0 atom stereocenters. The third-order valence-corrected chi connectivity index (χ3v) is 2.52. The van der Waals surface area contributed by atoms with Gasteiger partial charge in [-0.25, -0.2) is 5.84 Å². The van der Waals surface area contributed by atoms with E-state index in [-0.39, 0.29) is 5.70 Å². The molecule has 1 aromatic rings. The molecular formula is C10H12N6O3. The van der Waals surface area contributed by atoms with Crippen molar-refractivity contribution in [3.63, 3.8) is 0 Å². The second-order valence-electron chi connectivity index (χ2n) is 3.92. The first-order valence-electron chi connectivity index (χ1n) is 5.53. The summed E-state index contributed by atoms with van der Waals surface area (Å²) >= 11 is 0. The molecule has 1 aliphatic rings. The summed E-state index contributed by atoms with van der Waals surface area (Å²) < 4.78 is 0. The van der Waals surface area contributed by atoms with Crippen molar-refractivity contribution in [2.45, 2.75) is 12.8 Å². The van der Waals surface area contributed by atoms with Crippen LogP contribution in [0.4, 0.5) is 0 Å². The number of Topliss-reactive ketones (excluding diaryl/α,β-unsaturated/α-hetero) is 1. The predicted molar refractivity (Wildman–Crippen MR) is 62.2 cm³/mol. The second kappa shape index (κ2) is 5.40. The summed E-state index contributed by atoms with van der Waals surface area (Å²) in [5.41, 5.74) is -0.0295. The summed E-state index contributed by atoms with van der Waals surface area (Å²) in [6.45, 7) is 0.312. The molecule has 0 spiro atoms. The lowest BCUT2D eigenvalue weighted by atomic mass is 10.1. The first-order chi connectivity index (χ1) is 9.08. The van der Waals surface area contributed by atoms with Gasteiger partial charge in [-0.2, -0.15) is 5.21 Å². The topological polar surface area (TPSA) is 138 Å². The fourth-order valence-electron chi connectivity index (χ4n) is 1.60. The molecule has 1 aromatic heterocycles. The van der Waals surface area contributed by atoms with Gasteiger partial charge in [0.1, 0.15) is 5.70 Å². The van der Waals surface area contributed by atoms with Gasteiger partial charge in [0.2, 0.25) is 5.78 Å². The molecule has 0 saturated carbocycles. The lowest BCUT2D eigenvalue weighted by molar-refractivity contribution is -0.118. The Bertz CT molecular complexity index is 548. The van der Waals surface area contributed by atoms with Crippen molar-refractivity contribution in [3.05, 3.63) is 29.4 Å². The maximum absolute atomic E-state index is 11.6. The van der Waals surface area contributed by atoms with Gasteiger partial charge in [0.25, 0.3) is 0 Å². The molecule has 1 aliphatic carbocycles. The van der Waals surface area contributed by atoms with E-state index in [0.717, 1.165) is 17.2 Å². The van der Waals surface area contributed by atoms with Crippen molar-refractivity contribution in [1.29, 1.82) is 0 Å². The highest BCUT2D eigenvalue weighted by Crippen LogP contribution is 2.13. The fraction of sp³-hybridized carbons (Fsp3) is 0.300. The molecule has 9 heteroatoms. The Morgan fingerprint density at radius 3 is 2.84 bits per heavy atom. The number of carbonyl (C=O) groups is 2. The number of nitrogens with two attached hydrogens (primary N) is 1. The summed E-state index contributed by atoms with van der Waals surface area (Å²) in [6, 6.07) is 0. The number of ketones is 2. The average Bonchev–Trinajstić information content (AvgIpc) is 2.86. The molecule has 19 heavy (non-hydrogen) atoms. The first-order valence-corrected chi connectivity index (χ1v) is 5.53. The molecule has 0 aliphatic heterocycles. The summed E-state index contributed by atoms with van der Waals surface area (Å²) in [5, 5.41) is 23.7. The van der Waals surface area contributed by atoms with E-state index in [1.54, 1.807) is 0 Å². The number of aliphatic hydroxyl groups is 1. The molecule has 0 fully saturated rings. The van der Waals surface area contributed by atoms with E-state index in [1.807, 2.05) is 0 Å². The minimum Gasteiger partial charge on any atom is -0.504 e. The SMILES string of the molecule is NN(CCCc1nn[nH]n1)C1=CC(=O)C=C(O)C1=O. The molecule has 2 rings (SSSR count). The van der Waals surface area contributed by atoms with E-state index in [4.69, 9.17) is 5.84 Å². The van der Waals surface area contributed by atoms with Crippen molar-refractivity contribution in [2.24, 2.45) is 5.84 Å². The van der Waals surface area contributed by atoms with Gasteiger partial charge in [0.15, 0.2) is 17.4 Å². The molecule has 0 amide bonds. The summed E-state index contributed by atoms with van der Waals surface area (Å²) in [6.07, 6.45) is 3.05. The number of aliphatic hydroxyl groups excluding tert-OH is 1. The quantitative estimate of drug-likeness (QED) is 0.342. The molecule has 0 bridgehead atoms. The van der Waals surface area contributed by atoms with Crippen LogP contribution in [0.25, 0.3) is 0 Å². The van der Waals surface area contributed by atoms with Crippen LogP contribution in [0.5, 0.6) is 0 Å². The van der Waals surface area contributed by atoms with Crippen molar-refractivity contribution in [1.82, 2.24) is 25.6 Å². The number of hydrazine groups is 1. The lowest BCUT2D eigenvalue weighted by Gasteiger charge is -2.21. The molecule has 0 unspecified atom stereocenters. The number of aromatic amines is 1. The number of aromatic nitrogens is 4. The van der Waals surface area contributed by atoms with Gasteiger partial charge in [-0.3, -0.25) is 9.59 Å². The van der Waals surface area contributed by atoms with E-state index in [2.05, 4.69) is 20.6 Å². The van der Waals surface area contributed by atoms with Crippen LogP contribution in [0.1, 0.15) is 12.2 Å². The van der Waals surface area contributed by atoms with Crippen LogP contribution >= 0.6 is 0 Å². The molecule has 9 nitrogen and oxygen atoms in total. The zero-order valence-electron chi connectivity index (χ0n) is 9.91. The Labute approximate surface area is 107 Å². The number of tetrazole rings is 1. The Morgan fingerprint density at radius 1 is 1.37 bits per heavy atom. The number of nitrogens with zero attached hydrogens (tertiary/aromatic N) is 4. The van der Waals surface area contributed by atoms with Gasteiger partial charge in [-0.1, -0.05) is 5.21 Å². The summed E-state index contributed by atoms with van der Waals surface area (Å²) in [7, 11) is 0. The van der Waals surface area contributed by atoms with Crippen LogP contribution in [0.3, 0.4) is 0 Å². The van der Waals surface area contributed by atoms with Crippen LogP contribution < -0.4 is 5.84 Å². The van der Waals surface area contributed by atoms with E-state index in [0.29, 0.717) is 25.2 Å². The maximum Gasteiger partial charge on any atom is 0.244 e. The van der Waals surface area contributed by atoms with Gasteiger partial charge in [-0.05, 0) is 6.42 Å². The maximum atomic E-state index is 11.6. The number of rotatable bonds is 5. The van der Waals surface area contributed by atoms with Crippen LogP contribution in [0.2, 0.25) is 0 Å². The predicted octanol–water partition coefficient (Wildman–Crippen LogP) is -1.21. The van der Waals surface area contributed by atoms with E-state index >= 15 is 0 Å². The van der Waals surface area contributed by atoms with Crippen molar-refractivity contribution < 1.29 is 14.7 Å². The van der Waals surface area contributed by atoms with Crippen molar-refractivity contribution >= 4 is 11.6 Å². The van der Waals surface area contributed by atoms with Crippen LogP contribution in [0, 0.1) is 0 Å². The van der Waals surface area contributed by atoms with Gasteiger partial charge < -0.3 is 10.1 Å². The first kappa shape index (κ1) is 12.9. The van der Waals surface area contributed by atoms with E-state index < -0.39 is 17.3 Å². The van der Waals surface area contributed by atoms with E-state index in [1.165, 1.54) is 0 Å². The third-order valence-electron chi connectivity index (χ3n) is 2.52. The number of allylic oxidation sites excluding steroid dienone is 2. The Hall–Kier alpha value is -2.55. The number of nitrogens with one attached hydrogen (secondary N) is 1. The smallest absolute Gasteiger partial charge is 0.244 e. The zero-order valence-corrected chi connectivity index (χ0v) is 9.91. The Morgan fingerprint density at radius 2 is 2.16 bits per heavy atom. The van der Waals surface area contributed by atoms with Crippen LogP contribution in [-0.4, -0.2) is 48.9 Å². The summed E-state index contributed by atoms with van der Waals surface area (Å²) in [4.78, 5) is 22.8. The fourth-order valence-corrected chi connectivity index (χ4v) is 1.60. The zero-order chi connectivity index (χ0) is 13.8. The highest BCUT2D eigenvalue weighted by atomic mass is 16.3. The van der Waals surface area contributed by atoms with Gasteiger partial charge in [0, 0.05) is 25.1 Å². The molecule has 100 valence electrons. The average molecular weight is 264 g/mol. The number of carbonyl (C=O) groups excluding carboxylic acids is 2.